The molecular weight excluding hydrogens is 289 g/mol. The summed E-state index contributed by atoms with van der Waals surface area (Å²) >= 11 is 5.88. The number of nitrogens with one attached hydrogen (secondary N) is 1. The summed E-state index contributed by atoms with van der Waals surface area (Å²) in [6.07, 6.45) is 2.53. The Morgan fingerprint density at radius 2 is 1.90 bits per heavy atom. The predicted molar refractivity (Wildman–Crippen MR) is 81.9 cm³/mol. The van der Waals surface area contributed by atoms with Crippen molar-refractivity contribution in [2.75, 3.05) is 6.61 Å². The van der Waals surface area contributed by atoms with Gasteiger partial charge in [0.2, 0.25) is 0 Å². The van der Waals surface area contributed by atoms with E-state index in [2.05, 4.69) is 4.84 Å². The standard InChI is InChI=1S/C17H17ClFNO/c18-20-17(13-6-8-15(19)9-7-13)14-2-1-3-16(10-14)21-11-12-4-5-12/h1-3,6-10,12,17,20H,4-5,11H2/t17-/m1/s1. The first-order valence-electron chi connectivity index (χ1n) is 7.10. The molecule has 4 heteroatoms. The lowest BCUT2D eigenvalue weighted by molar-refractivity contribution is 0.299. The summed E-state index contributed by atoms with van der Waals surface area (Å²) in [5.74, 6) is 1.31. The second kappa shape index (κ2) is 6.46. The van der Waals surface area contributed by atoms with E-state index >= 15 is 0 Å². The van der Waals surface area contributed by atoms with Crippen LogP contribution < -0.4 is 9.57 Å². The first-order chi connectivity index (χ1) is 10.3. The zero-order chi connectivity index (χ0) is 14.7. The van der Waals surface area contributed by atoms with Crippen molar-refractivity contribution in [1.82, 2.24) is 4.84 Å². The lowest BCUT2D eigenvalue weighted by Gasteiger charge is -2.17. The van der Waals surface area contributed by atoms with Gasteiger partial charge in [-0.2, -0.15) is 0 Å². The fourth-order valence-electron chi connectivity index (χ4n) is 2.26. The van der Waals surface area contributed by atoms with Crippen molar-refractivity contribution in [3.8, 4) is 5.75 Å². The van der Waals surface area contributed by atoms with E-state index in [4.69, 9.17) is 16.5 Å². The molecule has 2 aromatic rings. The third-order valence-electron chi connectivity index (χ3n) is 3.69. The van der Waals surface area contributed by atoms with E-state index in [-0.39, 0.29) is 11.9 Å². The number of ether oxygens (including phenoxy) is 1. The number of hydrogen-bond donors (Lipinski definition) is 1. The summed E-state index contributed by atoms with van der Waals surface area (Å²) < 4.78 is 18.8. The van der Waals surface area contributed by atoms with Crippen molar-refractivity contribution in [2.45, 2.75) is 18.9 Å². The van der Waals surface area contributed by atoms with E-state index < -0.39 is 0 Å². The molecule has 0 aromatic heterocycles. The van der Waals surface area contributed by atoms with Gasteiger partial charge in [-0.3, -0.25) is 0 Å². The zero-order valence-electron chi connectivity index (χ0n) is 11.6. The number of hydrogen-bond acceptors (Lipinski definition) is 2. The molecule has 1 N–H and O–H groups in total. The molecule has 21 heavy (non-hydrogen) atoms. The van der Waals surface area contributed by atoms with Gasteiger partial charge < -0.3 is 4.74 Å². The molecule has 0 spiro atoms. The third-order valence-corrected chi connectivity index (χ3v) is 3.90. The first-order valence-corrected chi connectivity index (χ1v) is 7.48. The summed E-state index contributed by atoms with van der Waals surface area (Å²) in [5, 5.41) is 0. The molecule has 1 saturated carbocycles. The summed E-state index contributed by atoms with van der Waals surface area (Å²) in [7, 11) is 0. The average molecular weight is 306 g/mol. The highest BCUT2D eigenvalue weighted by Crippen LogP contribution is 2.31. The van der Waals surface area contributed by atoms with Crippen LogP contribution in [0.1, 0.15) is 30.0 Å². The fraction of sp³-hybridized carbons (Fsp3) is 0.294. The van der Waals surface area contributed by atoms with Crippen LogP contribution in [0, 0.1) is 11.7 Å². The summed E-state index contributed by atoms with van der Waals surface area (Å²) in [6.45, 7) is 0.777. The second-order valence-electron chi connectivity index (χ2n) is 5.42. The number of halogens is 2. The van der Waals surface area contributed by atoms with E-state index in [1.165, 1.54) is 25.0 Å². The van der Waals surface area contributed by atoms with Crippen molar-refractivity contribution in [3.05, 3.63) is 65.5 Å². The van der Waals surface area contributed by atoms with Crippen LogP contribution in [-0.4, -0.2) is 6.61 Å². The van der Waals surface area contributed by atoms with Gasteiger partial charge in [0.25, 0.3) is 0 Å². The highest BCUT2D eigenvalue weighted by atomic mass is 35.5. The molecule has 0 bridgehead atoms. The Morgan fingerprint density at radius 3 is 2.57 bits per heavy atom. The molecule has 0 radical (unpaired) electrons. The van der Waals surface area contributed by atoms with Crippen molar-refractivity contribution in [1.29, 1.82) is 0 Å². The van der Waals surface area contributed by atoms with Crippen LogP contribution in [0.4, 0.5) is 4.39 Å². The van der Waals surface area contributed by atoms with Crippen molar-refractivity contribution in [2.24, 2.45) is 5.92 Å². The SMILES string of the molecule is Fc1ccc([C@@H](NCl)c2cccc(OCC3CC3)c2)cc1. The minimum Gasteiger partial charge on any atom is -0.493 e. The number of rotatable bonds is 6. The summed E-state index contributed by atoms with van der Waals surface area (Å²) in [4.78, 5) is 2.75. The van der Waals surface area contributed by atoms with Gasteiger partial charge in [0.15, 0.2) is 0 Å². The lowest BCUT2D eigenvalue weighted by Crippen LogP contribution is -2.13. The quantitative estimate of drug-likeness (QED) is 0.796. The Kier molecular flexibility index (Phi) is 4.42. The average Bonchev–Trinajstić information content (AvgIpc) is 3.33. The van der Waals surface area contributed by atoms with Gasteiger partial charge in [-0.25, -0.2) is 9.23 Å². The Hall–Kier alpha value is -1.58. The van der Waals surface area contributed by atoms with Crippen molar-refractivity contribution >= 4 is 11.8 Å². The maximum atomic E-state index is 13.0. The van der Waals surface area contributed by atoms with E-state index in [1.807, 2.05) is 24.3 Å². The fourth-order valence-corrected chi connectivity index (χ4v) is 2.51. The molecular formula is C17H17ClFNO. The van der Waals surface area contributed by atoms with E-state index in [0.29, 0.717) is 5.92 Å². The Labute approximate surface area is 129 Å². The molecule has 0 saturated heterocycles. The molecule has 2 aromatic carbocycles. The van der Waals surface area contributed by atoms with Gasteiger partial charge >= 0.3 is 0 Å². The van der Waals surface area contributed by atoms with Gasteiger partial charge in [0.05, 0.1) is 12.6 Å². The van der Waals surface area contributed by atoms with Crippen LogP contribution in [-0.2, 0) is 0 Å². The highest BCUT2D eigenvalue weighted by molar-refractivity contribution is 6.13. The third kappa shape index (κ3) is 3.74. The highest BCUT2D eigenvalue weighted by Gasteiger charge is 2.22. The topological polar surface area (TPSA) is 21.3 Å². The van der Waals surface area contributed by atoms with E-state index in [0.717, 1.165) is 23.5 Å². The molecule has 2 nitrogen and oxygen atoms in total. The van der Waals surface area contributed by atoms with Gasteiger partial charge in [-0.15, -0.1) is 0 Å². The Bertz CT molecular complexity index is 598. The van der Waals surface area contributed by atoms with Gasteiger partial charge in [-0.1, -0.05) is 24.3 Å². The molecule has 0 heterocycles. The molecule has 1 aliphatic rings. The Balaban J connectivity index is 1.78. The maximum absolute atomic E-state index is 13.0. The molecule has 110 valence electrons. The Morgan fingerprint density at radius 1 is 1.14 bits per heavy atom. The van der Waals surface area contributed by atoms with Crippen LogP contribution in [0.3, 0.4) is 0 Å². The van der Waals surface area contributed by atoms with Crippen LogP contribution in [0.2, 0.25) is 0 Å². The van der Waals surface area contributed by atoms with Crippen molar-refractivity contribution < 1.29 is 9.13 Å². The minimum absolute atomic E-state index is 0.197. The van der Waals surface area contributed by atoms with Gasteiger partial charge in [-0.05, 0) is 65.9 Å². The van der Waals surface area contributed by atoms with E-state index in [9.17, 15) is 4.39 Å². The van der Waals surface area contributed by atoms with Crippen molar-refractivity contribution in [3.63, 3.8) is 0 Å². The van der Waals surface area contributed by atoms with Crippen LogP contribution in [0.25, 0.3) is 0 Å². The summed E-state index contributed by atoms with van der Waals surface area (Å²) in [6, 6.07) is 14.0. The molecule has 3 rings (SSSR count). The summed E-state index contributed by atoms with van der Waals surface area (Å²) in [5.41, 5.74) is 1.90. The minimum atomic E-state index is -0.256. The maximum Gasteiger partial charge on any atom is 0.123 e. The monoisotopic (exact) mass is 305 g/mol. The first kappa shape index (κ1) is 14.4. The van der Waals surface area contributed by atoms with Crippen LogP contribution in [0.15, 0.2) is 48.5 Å². The number of benzene rings is 2. The largest absolute Gasteiger partial charge is 0.493 e. The zero-order valence-corrected chi connectivity index (χ0v) is 12.3. The molecule has 0 unspecified atom stereocenters. The molecule has 1 fully saturated rings. The molecule has 0 aliphatic heterocycles. The van der Waals surface area contributed by atoms with Crippen LogP contribution in [0.5, 0.6) is 5.75 Å². The van der Waals surface area contributed by atoms with E-state index in [1.54, 1.807) is 12.1 Å². The second-order valence-corrected chi connectivity index (χ2v) is 5.64. The smallest absolute Gasteiger partial charge is 0.123 e. The lowest BCUT2D eigenvalue weighted by atomic mass is 9.99. The predicted octanol–water partition coefficient (Wildman–Crippen LogP) is 4.45. The van der Waals surface area contributed by atoms with Gasteiger partial charge in [0.1, 0.15) is 11.6 Å². The molecule has 1 aliphatic carbocycles. The normalized spacial score (nSPS) is 15.7. The van der Waals surface area contributed by atoms with Gasteiger partial charge in [0, 0.05) is 0 Å². The van der Waals surface area contributed by atoms with Crippen LogP contribution >= 0.6 is 11.8 Å². The molecule has 0 amide bonds. The molecule has 1 atom stereocenters.